The van der Waals surface area contributed by atoms with E-state index in [0.29, 0.717) is 15.7 Å². The van der Waals surface area contributed by atoms with Crippen LogP contribution in [0.15, 0.2) is 12.1 Å². The number of benzene rings is 1. The van der Waals surface area contributed by atoms with Gasteiger partial charge in [0.1, 0.15) is 0 Å². The molecule has 0 aliphatic rings. The van der Waals surface area contributed by atoms with Crippen LogP contribution >= 0.6 is 23.2 Å². The standard InChI is InChI=1S/C12H19Cl2N3/c1-16(2)5-4-6-17(3)12-8-10(14)9(13)7-11(12)15/h7-8H,4-6,15H2,1-3H3. The number of anilines is 2. The molecule has 0 spiro atoms. The summed E-state index contributed by atoms with van der Waals surface area (Å²) >= 11 is 11.9. The highest BCUT2D eigenvalue weighted by molar-refractivity contribution is 6.42. The summed E-state index contributed by atoms with van der Waals surface area (Å²) in [5.74, 6) is 0. The zero-order valence-corrected chi connectivity index (χ0v) is 12.0. The average molecular weight is 276 g/mol. The van der Waals surface area contributed by atoms with E-state index in [1.165, 1.54) is 0 Å². The van der Waals surface area contributed by atoms with Crippen molar-refractivity contribution in [2.45, 2.75) is 6.42 Å². The van der Waals surface area contributed by atoms with E-state index in [2.05, 4.69) is 23.9 Å². The van der Waals surface area contributed by atoms with Crippen molar-refractivity contribution in [2.24, 2.45) is 0 Å². The van der Waals surface area contributed by atoms with Gasteiger partial charge in [0.25, 0.3) is 0 Å². The first-order chi connectivity index (χ1) is 7.91. The Morgan fingerprint density at radius 1 is 1.06 bits per heavy atom. The topological polar surface area (TPSA) is 32.5 Å². The first-order valence-electron chi connectivity index (χ1n) is 5.52. The number of nitrogens with two attached hydrogens (primary N) is 1. The zero-order valence-electron chi connectivity index (χ0n) is 10.5. The van der Waals surface area contributed by atoms with Crippen LogP contribution in [-0.4, -0.2) is 39.1 Å². The molecule has 0 fully saturated rings. The third-order valence-electron chi connectivity index (χ3n) is 2.58. The Balaban J connectivity index is 2.68. The largest absolute Gasteiger partial charge is 0.397 e. The molecule has 0 aromatic heterocycles. The maximum atomic E-state index is 5.99. The van der Waals surface area contributed by atoms with Crippen molar-refractivity contribution in [3.63, 3.8) is 0 Å². The van der Waals surface area contributed by atoms with Crippen molar-refractivity contribution in [2.75, 3.05) is 44.9 Å². The Labute approximate surface area is 113 Å². The average Bonchev–Trinajstić information content (AvgIpc) is 2.22. The predicted molar refractivity (Wildman–Crippen MR) is 77.3 cm³/mol. The molecule has 1 aromatic carbocycles. The third-order valence-corrected chi connectivity index (χ3v) is 3.30. The Hall–Kier alpha value is -0.640. The number of hydrogen-bond acceptors (Lipinski definition) is 3. The van der Waals surface area contributed by atoms with Crippen LogP contribution in [0, 0.1) is 0 Å². The Bertz CT molecular complexity index is 380. The highest BCUT2D eigenvalue weighted by Crippen LogP contribution is 2.32. The number of hydrogen-bond donors (Lipinski definition) is 1. The van der Waals surface area contributed by atoms with Gasteiger partial charge in [0.05, 0.1) is 21.4 Å². The van der Waals surface area contributed by atoms with Crippen LogP contribution < -0.4 is 10.6 Å². The summed E-state index contributed by atoms with van der Waals surface area (Å²) in [6.45, 7) is 1.98. The van der Waals surface area contributed by atoms with E-state index in [0.717, 1.165) is 25.2 Å². The van der Waals surface area contributed by atoms with Crippen molar-refractivity contribution >= 4 is 34.6 Å². The Kier molecular flexibility index (Phi) is 5.37. The second kappa shape index (κ2) is 6.34. The second-order valence-corrected chi connectivity index (χ2v) is 5.22. The van der Waals surface area contributed by atoms with E-state index >= 15 is 0 Å². The minimum absolute atomic E-state index is 0.495. The van der Waals surface area contributed by atoms with E-state index in [1.807, 2.05) is 13.1 Å². The number of nitrogen functional groups attached to an aromatic ring is 1. The van der Waals surface area contributed by atoms with Gasteiger partial charge < -0.3 is 15.5 Å². The molecule has 17 heavy (non-hydrogen) atoms. The molecular weight excluding hydrogens is 257 g/mol. The maximum Gasteiger partial charge on any atom is 0.0614 e. The first-order valence-corrected chi connectivity index (χ1v) is 6.27. The zero-order chi connectivity index (χ0) is 13.0. The van der Waals surface area contributed by atoms with Gasteiger partial charge in [0.2, 0.25) is 0 Å². The quantitative estimate of drug-likeness (QED) is 0.839. The Morgan fingerprint density at radius 3 is 2.24 bits per heavy atom. The van der Waals surface area contributed by atoms with Gasteiger partial charge in [-0.2, -0.15) is 0 Å². The van der Waals surface area contributed by atoms with E-state index in [4.69, 9.17) is 28.9 Å². The van der Waals surface area contributed by atoms with Crippen LogP contribution in [0.4, 0.5) is 11.4 Å². The molecule has 0 unspecified atom stereocenters. The van der Waals surface area contributed by atoms with Crippen molar-refractivity contribution in [1.29, 1.82) is 0 Å². The summed E-state index contributed by atoms with van der Waals surface area (Å²) in [6, 6.07) is 3.51. The van der Waals surface area contributed by atoms with Crippen LogP contribution in [0.25, 0.3) is 0 Å². The molecule has 2 N–H and O–H groups in total. The molecular formula is C12H19Cl2N3. The van der Waals surface area contributed by atoms with E-state index in [1.54, 1.807) is 6.07 Å². The van der Waals surface area contributed by atoms with Gasteiger partial charge in [-0.3, -0.25) is 0 Å². The fraction of sp³-hybridized carbons (Fsp3) is 0.500. The van der Waals surface area contributed by atoms with Gasteiger partial charge in [-0.25, -0.2) is 0 Å². The molecule has 0 radical (unpaired) electrons. The van der Waals surface area contributed by atoms with Gasteiger partial charge in [-0.1, -0.05) is 23.2 Å². The molecule has 1 rings (SSSR count). The van der Waals surface area contributed by atoms with Crippen LogP contribution in [0.5, 0.6) is 0 Å². The molecule has 0 heterocycles. The van der Waals surface area contributed by atoms with Crippen LogP contribution in [0.3, 0.4) is 0 Å². The number of rotatable bonds is 5. The lowest BCUT2D eigenvalue weighted by molar-refractivity contribution is 0.402. The van der Waals surface area contributed by atoms with Crippen molar-refractivity contribution < 1.29 is 0 Å². The van der Waals surface area contributed by atoms with Gasteiger partial charge in [-0.15, -0.1) is 0 Å². The monoisotopic (exact) mass is 275 g/mol. The summed E-state index contributed by atoms with van der Waals surface area (Å²) in [5.41, 5.74) is 7.52. The third kappa shape index (κ3) is 4.26. The van der Waals surface area contributed by atoms with Crippen molar-refractivity contribution in [3.8, 4) is 0 Å². The molecule has 0 amide bonds. The molecule has 0 aliphatic heterocycles. The Morgan fingerprint density at radius 2 is 1.65 bits per heavy atom. The van der Waals surface area contributed by atoms with E-state index in [9.17, 15) is 0 Å². The molecule has 3 nitrogen and oxygen atoms in total. The summed E-state index contributed by atoms with van der Waals surface area (Å²) in [6.07, 6.45) is 1.07. The lowest BCUT2D eigenvalue weighted by Crippen LogP contribution is -2.24. The summed E-state index contributed by atoms with van der Waals surface area (Å²) < 4.78 is 0. The van der Waals surface area contributed by atoms with Gasteiger partial charge in [0, 0.05) is 13.6 Å². The molecule has 1 aromatic rings. The summed E-state index contributed by atoms with van der Waals surface area (Å²) in [7, 11) is 6.13. The smallest absolute Gasteiger partial charge is 0.0614 e. The highest BCUT2D eigenvalue weighted by atomic mass is 35.5. The van der Waals surface area contributed by atoms with Crippen LogP contribution in [-0.2, 0) is 0 Å². The molecule has 0 bridgehead atoms. The SMILES string of the molecule is CN(C)CCCN(C)c1cc(Cl)c(Cl)cc1N. The molecule has 0 saturated carbocycles. The van der Waals surface area contributed by atoms with Gasteiger partial charge in [-0.05, 0) is 39.2 Å². The summed E-state index contributed by atoms with van der Waals surface area (Å²) in [5, 5.41) is 1.03. The second-order valence-electron chi connectivity index (χ2n) is 4.40. The maximum absolute atomic E-state index is 5.99. The van der Waals surface area contributed by atoms with Crippen LogP contribution in [0.2, 0.25) is 10.0 Å². The van der Waals surface area contributed by atoms with Gasteiger partial charge in [0.15, 0.2) is 0 Å². The number of halogens is 2. The molecule has 96 valence electrons. The van der Waals surface area contributed by atoms with Crippen molar-refractivity contribution in [1.82, 2.24) is 4.90 Å². The van der Waals surface area contributed by atoms with E-state index < -0.39 is 0 Å². The number of nitrogens with zero attached hydrogens (tertiary/aromatic N) is 2. The summed E-state index contributed by atoms with van der Waals surface area (Å²) in [4.78, 5) is 4.26. The molecule has 0 atom stereocenters. The fourth-order valence-electron chi connectivity index (χ4n) is 1.63. The van der Waals surface area contributed by atoms with Crippen molar-refractivity contribution in [3.05, 3.63) is 22.2 Å². The lowest BCUT2D eigenvalue weighted by atomic mass is 10.2. The highest BCUT2D eigenvalue weighted by Gasteiger charge is 2.09. The predicted octanol–water partition coefficient (Wildman–Crippen LogP) is 2.96. The fourth-order valence-corrected chi connectivity index (χ4v) is 1.96. The van der Waals surface area contributed by atoms with Gasteiger partial charge >= 0.3 is 0 Å². The molecule has 5 heteroatoms. The molecule has 0 saturated heterocycles. The first kappa shape index (κ1) is 14.4. The van der Waals surface area contributed by atoms with Crippen LogP contribution in [0.1, 0.15) is 6.42 Å². The minimum Gasteiger partial charge on any atom is -0.397 e. The normalized spacial score (nSPS) is 10.9. The lowest BCUT2D eigenvalue weighted by Gasteiger charge is -2.22. The van der Waals surface area contributed by atoms with E-state index in [-0.39, 0.29) is 0 Å². The minimum atomic E-state index is 0.495. The molecule has 0 aliphatic carbocycles.